The van der Waals surface area contributed by atoms with Crippen LogP contribution < -0.4 is 5.32 Å². The summed E-state index contributed by atoms with van der Waals surface area (Å²) in [5.41, 5.74) is 2.49. The van der Waals surface area contributed by atoms with Crippen molar-refractivity contribution in [2.24, 2.45) is 0 Å². The monoisotopic (exact) mass is 206 g/mol. The van der Waals surface area contributed by atoms with Crippen LogP contribution in [0.3, 0.4) is 0 Å². The highest BCUT2D eigenvalue weighted by molar-refractivity contribution is 6.29. The second-order valence-corrected chi connectivity index (χ2v) is 3.57. The highest BCUT2D eigenvalue weighted by atomic mass is 35.5. The lowest BCUT2D eigenvalue weighted by atomic mass is 10.1. The third-order valence-corrected chi connectivity index (χ3v) is 1.90. The summed E-state index contributed by atoms with van der Waals surface area (Å²) in [5.74, 6) is 0. The van der Waals surface area contributed by atoms with Gasteiger partial charge in [0.25, 0.3) is 0 Å². The summed E-state index contributed by atoms with van der Waals surface area (Å²) in [6.45, 7) is 5.98. The van der Waals surface area contributed by atoms with Gasteiger partial charge in [0.05, 0.1) is 17.8 Å². The molecule has 0 aliphatic carbocycles. The molecule has 2 nitrogen and oxygen atoms in total. The van der Waals surface area contributed by atoms with Gasteiger partial charge in [-0.2, -0.15) is 5.26 Å². The number of hydrogen-bond acceptors (Lipinski definition) is 2. The van der Waals surface area contributed by atoms with E-state index in [0.717, 1.165) is 11.3 Å². The van der Waals surface area contributed by atoms with Crippen molar-refractivity contribution in [3.8, 4) is 6.07 Å². The molecule has 1 rings (SSSR count). The summed E-state index contributed by atoms with van der Waals surface area (Å²) >= 11 is 5.61. The highest BCUT2D eigenvalue weighted by Crippen LogP contribution is 2.16. The summed E-state index contributed by atoms with van der Waals surface area (Å²) in [4.78, 5) is 0. The molecule has 1 aromatic rings. The zero-order chi connectivity index (χ0) is 10.6. The molecule has 0 aromatic heterocycles. The van der Waals surface area contributed by atoms with Crippen LogP contribution >= 0.6 is 11.6 Å². The number of hydrogen-bond donors (Lipinski definition) is 1. The molecule has 0 aliphatic heterocycles. The van der Waals surface area contributed by atoms with Crippen molar-refractivity contribution >= 4 is 17.3 Å². The van der Waals surface area contributed by atoms with Crippen LogP contribution in [-0.2, 0) is 0 Å². The van der Waals surface area contributed by atoms with E-state index in [1.54, 1.807) is 0 Å². The number of halogens is 1. The van der Waals surface area contributed by atoms with Gasteiger partial charge < -0.3 is 5.32 Å². The minimum absolute atomic E-state index is 0.472. The topological polar surface area (TPSA) is 35.8 Å². The molecular weight excluding hydrogens is 196 g/mol. The molecule has 0 atom stereocenters. The lowest BCUT2D eigenvalue weighted by Crippen LogP contribution is -2.02. The zero-order valence-electron chi connectivity index (χ0n) is 7.97. The Kier molecular flexibility index (Phi) is 3.55. The van der Waals surface area contributed by atoms with Gasteiger partial charge in [0.1, 0.15) is 6.07 Å². The fraction of sp³-hybridized carbons (Fsp3) is 0.182. The predicted octanol–water partition coefficient (Wildman–Crippen LogP) is 3.03. The third kappa shape index (κ3) is 2.79. The lowest BCUT2D eigenvalue weighted by Gasteiger charge is -2.07. The van der Waals surface area contributed by atoms with E-state index in [2.05, 4.69) is 18.0 Å². The van der Waals surface area contributed by atoms with E-state index < -0.39 is 0 Å². The number of rotatable bonds is 3. The second-order valence-electron chi connectivity index (χ2n) is 3.03. The minimum atomic E-state index is 0.472. The molecule has 0 heterocycles. The van der Waals surface area contributed by atoms with E-state index in [1.807, 2.05) is 25.1 Å². The van der Waals surface area contributed by atoms with E-state index in [4.69, 9.17) is 16.9 Å². The van der Waals surface area contributed by atoms with Crippen molar-refractivity contribution in [2.75, 3.05) is 11.9 Å². The van der Waals surface area contributed by atoms with Gasteiger partial charge in [0.2, 0.25) is 0 Å². The molecule has 0 unspecified atom stereocenters. The predicted molar refractivity (Wildman–Crippen MR) is 59.4 cm³/mol. The molecular formula is C11H11ClN2. The lowest BCUT2D eigenvalue weighted by molar-refractivity contribution is 1.29. The van der Waals surface area contributed by atoms with Gasteiger partial charge in [0, 0.05) is 5.03 Å². The Morgan fingerprint density at radius 1 is 1.64 bits per heavy atom. The Labute approximate surface area is 88.8 Å². The molecule has 0 saturated heterocycles. The molecule has 3 heteroatoms. The quantitative estimate of drug-likeness (QED) is 0.825. The molecule has 0 saturated carbocycles. The van der Waals surface area contributed by atoms with Crippen LogP contribution in [0.1, 0.15) is 11.1 Å². The maximum atomic E-state index is 8.86. The fourth-order valence-electron chi connectivity index (χ4n) is 1.10. The molecule has 0 fully saturated rings. The minimum Gasteiger partial charge on any atom is -0.379 e. The average molecular weight is 207 g/mol. The molecule has 0 bridgehead atoms. The first-order chi connectivity index (χ1) is 6.63. The zero-order valence-corrected chi connectivity index (χ0v) is 8.73. The largest absolute Gasteiger partial charge is 0.379 e. The third-order valence-electron chi connectivity index (χ3n) is 1.77. The molecule has 0 radical (unpaired) electrons. The number of benzene rings is 1. The first-order valence-corrected chi connectivity index (χ1v) is 4.59. The van der Waals surface area contributed by atoms with Gasteiger partial charge >= 0.3 is 0 Å². The van der Waals surface area contributed by atoms with Crippen molar-refractivity contribution in [1.82, 2.24) is 0 Å². The molecule has 72 valence electrons. The summed E-state index contributed by atoms with van der Waals surface area (Å²) in [6.07, 6.45) is 0. The average Bonchev–Trinajstić information content (AvgIpc) is 2.15. The van der Waals surface area contributed by atoms with Crippen LogP contribution in [-0.4, -0.2) is 6.54 Å². The van der Waals surface area contributed by atoms with Crippen molar-refractivity contribution in [3.05, 3.63) is 40.9 Å². The molecule has 0 aliphatic rings. The van der Waals surface area contributed by atoms with Gasteiger partial charge in [-0.1, -0.05) is 24.2 Å². The number of nitrogens with one attached hydrogen (secondary N) is 1. The van der Waals surface area contributed by atoms with Crippen molar-refractivity contribution in [2.45, 2.75) is 6.92 Å². The van der Waals surface area contributed by atoms with Crippen LogP contribution in [0.25, 0.3) is 0 Å². The normalized spacial score (nSPS) is 9.21. The van der Waals surface area contributed by atoms with Gasteiger partial charge in [-0.25, -0.2) is 0 Å². The van der Waals surface area contributed by atoms with E-state index >= 15 is 0 Å². The number of anilines is 1. The summed E-state index contributed by atoms with van der Waals surface area (Å²) < 4.78 is 0. The molecule has 0 spiro atoms. The Hall–Kier alpha value is -1.46. The number of nitriles is 1. The fourth-order valence-corrected chi connectivity index (χ4v) is 1.16. The van der Waals surface area contributed by atoms with Gasteiger partial charge in [0.15, 0.2) is 0 Å². The molecule has 14 heavy (non-hydrogen) atoms. The van der Waals surface area contributed by atoms with E-state index in [-0.39, 0.29) is 0 Å². The van der Waals surface area contributed by atoms with Crippen molar-refractivity contribution < 1.29 is 0 Å². The molecule has 1 aromatic carbocycles. The maximum absolute atomic E-state index is 8.86. The SMILES string of the molecule is C=C(Cl)CNc1ccc(C)cc1C#N. The number of aryl methyl sites for hydroxylation is 1. The van der Waals surface area contributed by atoms with Gasteiger partial charge in [-0.05, 0) is 24.6 Å². The van der Waals surface area contributed by atoms with Gasteiger partial charge in [-0.3, -0.25) is 0 Å². The van der Waals surface area contributed by atoms with E-state index in [0.29, 0.717) is 17.1 Å². The first kappa shape index (κ1) is 10.6. The number of nitrogens with zero attached hydrogens (tertiary/aromatic N) is 1. The Morgan fingerprint density at radius 2 is 2.36 bits per heavy atom. The second kappa shape index (κ2) is 4.69. The first-order valence-electron chi connectivity index (χ1n) is 4.21. The Balaban J connectivity index is 2.87. The van der Waals surface area contributed by atoms with Crippen LogP contribution in [0.2, 0.25) is 0 Å². The smallest absolute Gasteiger partial charge is 0.101 e. The highest BCUT2D eigenvalue weighted by Gasteiger charge is 2.01. The maximum Gasteiger partial charge on any atom is 0.101 e. The summed E-state index contributed by atoms with van der Waals surface area (Å²) in [5, 5.41) is 12.4. The molecule has 1 N–H and O–H groups in total. The van der Waals surface area contributed by atoms with E-state index in [1.165, 1.54) is 0 Å². The van der Waals surface area contributed by atoms with Crippen molar-refractivity contribution in [1.29, 1.82) is 5.26 Å². The van der Waals surface area contributed by atoms with Crippen LogP contribution in [0.4, 0.5) is 5.69 Å². The summed E-state index contributed by atoms with van der Waals surface area (Å²) in [7, 11) is 0. The standard InChI is InChI=1S/C11H11ClN2/c1-8-3-4-11(10(5-8)6-13)14-7-9(2)12/h3-5,14H,2,7H2,1H3. The van der Waals surface area contributed by atoms with Gasteiger partial charge in [-0.15, -0.1) is 0 Å². The van der Waals surface area contributed by atoms with Crippen LogP contribution in [0, 0.1) is 18.3 Å². The van der Waals surface area contributed by atoms with E-state index in [9.17, 15) is 0 Å². The van der Waals surface area contributed by atoms with Crippen molar-refractivity contribution in [3.63, 3.8) is 0 Å². The van der Waals surface area contributed by atoms with Crippen LogP contribution in [0.15, 0.2) is 29.8 Å². The Morgan fingerprint density at radius 3 is 2.93 bits per heavy atom. The Bertz CT molecular complexity index is 391. The molecule has 0 amide bonds. The summed E-state index contributed by atoms with van der Waals surface area (Å²) in [6, 6.07) is 7.77. The van der Waals surface area contributed by atoms with Crippen LogP contribution in [0.5, 0.6) is 0 Å².